The van der Waals surface area contributed by atoms with Crippen LogP contribution in [-0.2, 0) is 20.7 Å². The van der Waals surface area contributed by atoms with Crippen molar-refractivity contribution in [3.63, 3.8) is 0 Å². The van der Waals surface area contributed by atoms with Crippen LogP contribution in [0.3, 0.4) is 0 Å². The molecule has 0 radical (unpaired) electrons. The van der Waals surface area contributed by atoms with E-state index < -0.39 is 6.04 Å². The second kappa shape index (κ2) is 6.41. The van der Waals surface area contributed by atoms with Crippen molar-refractivity contribution < 1.29 is 14.3 Å². The van der Waals surface area contributed by atoms with Crippen molar-refractivity contribution >= 4 is 23.3 Å². The zero-order valence-electron chi connectivity index (χ0n) is 11.9. The number of amides is 1. The molecule has 108 valence electrons. The summed E-state index contributed by atoms with van der Waals surface area (Å²) < 4.78 is 4.96. The Morgan fingerprint density at radius 2 is 2.25 bits per heavy atom. The first-order chi connectivity index (χ1) is 9.60. The molecule has 5 heteroatoms. The fourth-order valence-electron chi connectivity index (χ4n) is 2.24. The fraction of sp³-hybridized carbons (Fsp3) is 0.467. The van der Waals surface area contributed by atoms with Crippen molar-refractivity contribution in [3.05, 3.63) is 23.8 Å². The molecule has 1 aliphatic heterocycles. The van der Waals surface area contributed by atoms with Gasteiger partial charge in [-0.25, -0.2) is 4.79 Å². The number of ether oxygens (including phenoxy) is 1. The van der Waals surface area contributed by atoms with E-state index in [1.54, 1.807) is 13.8 Å². The third kappa shape index (κ3) is 3.50. The maximum atomic E-state index is 11.6. The van der Waals surface area contributed by atoms with Gasteiger partial charge in [-0.15, -0.1) is 0 Å². The first kappa shape index (κ1) is 14.4. The molecule has 20 heavy (non-hydrogen) atoms. The fourth-order valence-corrected chi connectivity index (χ4v) is 2.24. The van der Waals surface area contributed by atoms with Crippen LogP contribution >= 0.6 is 0 Å². The van der Waals surface area contributed by atoms with Gasteiger partial charge < -0.3 is 15.4 Å². The Kier molecular flexibility index (Phi) is 4.61. The zero-order valence-corrected chi connectivity index (χ0v) is 11.9. The number of hydrogen-bond acceptors (Lipinski definition) is 4. The Morgan fingerprint density at radius 1 is 1.45 bits per heavy atom. The molecule has 2 N–H and O–H groups in total. The van der Waals surface area contributed by atoms with E-state index in [9.17, 15) is 9.59 Å². The summed E-state index contributed by atoms with van der Waals surface area (Å²) in [5.41, 5.74) is 2.82. The van der Waals surface area contributed by atoms with E-state index in [-0.39, 0.29) is 11.9 Å². The standard InChI is InChI=1S/C15H20N2O3/c1-3-20-15(19)10(2)16-12-7-8-13-11(9-12)5-4-6-14(18)17-13/h7-10,16H,3-6H2,1-2H3,(H,17,18)/t10-/m0/s1. The summed E-state index contributed by atoms with van der Waals surface area (Å²) in [5, 5.41) is 6.01. The number of rotatable bonds is 4. The van der Waals surface area contributed by atoms with Gasteiger partial charge in [0.05, 0.1) is 6.61 Å². The van der Waals surface area contributed by atoms with Gasteiger partial charge in [0.2, 0.25) is 5.91 Å². The predicted molar refractivity (Wildman–Crippen MR) is 77.7 cm³/mol. The third-order valence-corrected chi connectivity index (χ3v) is 3.25. The molecule has 2 rings (SSSR count). The topological polar surface area (TPSA) is 67.4 Å². The first-order valence-corrected chi connectivity index (χ1v) is 6.96. The van der Waals surface area contributed by atoms with Crippen LogP contribution in [0.25, 0.3) is 0 Å². The molecule has 0 aromatic heterocycles. The molecule has 0 bridgehead atoms. The van der Waals surface area contributed by atoms with Crippen molar-refractivity contribution in [1.82, 2.24) is 0 Å². The molecule has 1 aliphatic rings. The highest BCUT2D eigenvalue weighted by atomic mass is 16.5. The predicted octanol–water partition coefficient (Wildman–Crippen LogP) is 2.32. The van der Waals surface area contributed by atoms with E-state index in [1.807, 2.05) is 18.2 Å². The SMILES string of the molecule is CCOC(=O)[C@H](C)Nc1ccc2c(c1)CCCC(=O)N2. The Hall–Kier alpha value is -2.04. The van der Waals surface area contributed by atoms with Crippen LogP contribution in [-0.4, -0.2) is 24.5 Å². The van der Waals surface area contributed by atoms with Crippen molar-refractivity contribution in [2.75, 3.05) is 17.2 Å². The lowest BCUT2D eigenvalue weighted by molar-refractivity contribution is -0.143. The normalized spacial score (nSPS) is 15.6. The number of aryl methyl sites for hydroxylation is 1. The lowest BCUT2D eigenvalue weighted by atomic mass is 10.1. The molecule has 0 aliphatic carbocycles. The summed E-state index contributed by atoms with van der Waals surface area (Å²) in [5.74, 6) is -0.208. The third-order valence-electron chi connectivity index (χ3n) is 3.25. The van der Waals surface area contributed by atoms with Crippen molar-refractivity contribution in [3.8, 4) is 0 Å². The van der Waals surface area contributed by atoms with Crippen LogP contribution in [0.15, 0.2) is 18.2 Å². The van der Waals surface area contributed by atoms with Gasteiger partial charge in [0.25, 0.3) is 0 Å². The molecule has 1 aromatic carbocycles. The van der Waals surface area contributed by atoms with Gasteiger partial charge in [0.15, 0.2) is 0 Å². The van der Waals surface area contributed by atoms with E-state index in [0.29, 0.717) is 13.0 Å². The smallest absolute Gasteiger partial charge is 0.328 e. The summed E-state index contributed by atoms with van der Waals surface area (Å²) in [6, 6.07) is 5.32. The lowest BCUT2D eigenvalue weighted by Gasteiger charge is -2.15. The highest BCUT2D eigenvalue weighted by Gasteiger charge is 2.16. The minimum Gasteiger partial charge on any atom is -0.464 e. The number of fused-ring (bicyclic) bond motifs is 1. The molecule has 0 unspecified atom stereocenters. The number of nitrogens with one attached hydrogen (secondary N) is 2. The second-order valence-corrected chi connectivity index (χ2v) is 4.89. The largest absolute Gasteiger partial charge is 0.464 e. The molecule has 0 saturated heterocycles. The molecule has 1 heterocycles. The van der Waals surface area contributed by atoms with Gasteiger partial charge in [0, 0.05) is 17.8 Å². The van der Waals surface area contributed by atoms with Crippen LogP contribution < -0.4 is 10.6 Å². The lowest BCUT2D eigenvalue weighted by Crippen LogP contribution is -2.28. The molecule has 0 fully saturated rings. The van der Waals surface area contributed by atoms with Crippen LogP contribution in [0.2, 0.25) is 0 Å². The van der Waals surface area contributed by atoms with E-state index in [2.05, 4.69) is 10.6 Å². The maximum absolute atomic E-state index is 11.6. The number of esters is 1. The van der Waals surface area contributed by atoms with Crippen molar-refractivity contribution in [2.45, 2.75) is 39.2 Å². The summed E-state index contributed by atoms with van der Waals surface area (Å²) in [4.78, 5) is 23.1. The molecular weight excluding hydrogens is 256 g/mol. The van der Waals surface area contributed by atoms with Crippen LogP contribution in [0.4, 0.5) is 11.4 Å². The minimum absolute atomic E-state index is 0.0596. The van der Waals surface area contributed by atoms with Gasteiger partial charge in [-0.3, -0.25) is 4.79 Å². The molecular formula is C15H20N2O3. The van der Waals surface area contributed by atoms with E-state index in [4.69, 9.17) is 4.74 Å². The molecule has 0 saturated carbocycles. The molecule has 5 nitrogen and oxygen atoms in total. The zero-order chi connectivity index (χ0) is 14.5. The molecule has 1 atom stereocenters. The van der Waals surface area contributed by atoms with E-state index >= 15 is 0 Å². The van der Waals surface area contributed by atoms with Crippen molar-refractivity contribution in [2.24, 2.45) is 0 Å². The molecule has 0 spiro atoms. The summed E-state index contributed by atoms with van der Waals surface area (Å²) in [7, 11) is 0. The van der Waals surface area contributed by atoms with Gasteiger partial charge in [-0.05, 0) is 50.5 Å². The molecule has 1 aromatic rings. The quantitative estimate of drug-likeness (QED) is 0.828. The number of anilines is 2. The van der Waals surface area contributed by atoms with Crippen molar-refractivity contribution in [1.29, 1.82) is 0 Å². The number of carbonyl (C=O) groups excluding carboxylic acids is 2. The second-order valence-electron chi connectivity index (χ2n) is 4.89. The minimum atomic E-state index is -0.395. The van der Waals surface area contributed by atoms with E-state index in [0.717, 1.165) is 29.8 Å². The van der Waals surface area contributed by atoms with Gasteiger partial charge in [-0.1, -0.05) is 0 Å². The summed E-state index contributed by atoms with van der Waals surface area (Å²) in [6.45, 7) is 3.93. The highest BCUT2D eigenvalue weighted by Crippen LogP contribution is 2.25. The maximum Gasteiger partial charge on any atom is 0.328 e. The Balaban J connectivity index is 2.09. The Morgan fingerprint density at radius 3 is 3.00 bits per heavy atom. The van der Waals surface area contributed by atoms with Gasteiger partial charge in [-0.2, -0.15) is 0 Å². The number of carbonyl (C=O) groups is 2. The van der Waals surface area contributed by atoms with Crippen LogP contribution in [0.1, 0.15) is 32.3 Å². The first-order valence-electron chi connectivity index (χ1n) is 6.96. The summed E-state index contributed by atoms with van der Waals surface area (Å²) in [6.07, 6.45) is 2.25. The van der Waals surface area contributed by atoms with Crippen LogP contribution in [0, 0.1) is 0 Å². The van der Waals surface area contributed by atoms with Crippen LogP contribution in [0.5, 0.6) is 0 Å². The average Bonchev–Trinajstić information content (AvgIpc) is 2.59. The average molecular weight is 276 g/mol. The highest BCUT2D eigenvalue weighted by molar-refractivity contribution is 5.92. The number of benzene rings is 1. The van der Waals surface area contributed by atoms with E-state index in [1.165, 1.54) is 0 Å². The van der Waals surface area contributed by atoms with Gasteiger partial charge in [0.1, 0.15) is 6.04 Å². The van der Waals surface area contributed by atoms with Gasteiger partial charge >= 0.3 is 5.97 Å². The Bertz CT molecular complexity index is 514. The molecule has 1 amide bonds. The Labute approximate surface area is 118 Å². The number of hydrogen-bond donors (Lipinski definition) is 2. The summed E-state index contributed by atoms with van der Waals surface area (Å²) >= 11 is 0. The monoisotopic (exact) mass is 276 g/mol.